The van der Waals surface area contributed by atoms with Crippen molar-refractivity contribution in [1.82, 2.24) is 4.98 Å². The van der Waals surface area contributed by atoms with E-state index >= 15 is 0 Å². The molecule has 0 radical (unpaired) electrons. The van der Waals surface area contributed by atoms with Gasteiger partial charge in [0.25, 0.3) is 0 Å². The third-order valence-corrected chi connectivity index (χ3v) is 6.82. The molecule has 4 atom stereocenters. The zero-order valence-electron chi connectivity index (χ0n) is 16.3. The van der Waals surface area contributed by atoms with Gasteiger partial charge in [0.1, 0.15) is 6.10 Å². The molecular weight excluding hydrogens is 445 g/mol. The Morgan fingerprint density at radius 1 is 1.19 bits per heavy atom. The normalized spacial score (nSPS) is 26.2. The number of aliphatic hydroxyl groups excluding tert-OH is 3. The number of hydrogen-bond donors (Lipinski definition) is 4. The molecule has 1 fully saturated rings. The van der Waals surface area contributed by atoms with Gasteiger partial charge in [-0.25, -0.2) is 4.98 Å². The van der Waals surface area contributed by atoms with Crippen LogP contribution >= 0.6 is 22.9 Å². The lowest BCUT2D eigenvalue weighted by molar-refractivity contribution is -0.334. The van der Waals surface area contributed by atoms with Gasteiger partial charge >= 0.3 is 0 Å². The van der Waals surface area contributed by atoms with Gasteiger partial charge in [-0.05, 0) is 42.0 Å². The largest absolute Gasteiger partial charge is 0.394 e. The minimum Gasteiger partial charge on any atom is -0.394 e. The third-order valence-electron chi connectivity index (χ3n) is 5.32. The van der Waals surface area contributed by atoms with E-state index in [9.17, 15) is 24.8 Å². The molecule has 1 saturated heterocycles. The summed E-state index contributed by atoms with van der Waals surface area (Å²) in [7, 11) is 0. The van der Waals surface area contributed by atoms with Crippen LogP contribution in [0, 0.1) is 5.95 Å². The van der Waals surface area contributed by atoms with Crippen LogP contribution in [0.25, 0.3) is 10.4 Å². The van der Waals surface area contributed by atoms with Crippen LogP contribution in [0.5, 0.6) is 0 Å². The first kappa shape index (κ1) is 22.3. The molecule has 1 aromatic carbocycles. The second-order valence-corrected chi connectivity index (χ2v) is 9.06. The molecule has 0 aliphatic carbocycles. The molecule has 4 rings (SSSR count). The van der Waals surface area contributed by atoms with Crippen molar-refractivity contribution in [1.29, 1.82) is 0 Å². The molecule has 0 spiro atoms. The number of aliphatic hydroxyl groups is 4. The highest BCUT2D eigenvalue weighted by molar-refractivity contribution is 7.15. The minimum absolute atomic E-state index is 0.0106. The van der Waals surface area contributed by atoms with Crippen LogP contribution in [0.1, 0.15) is 22.4 Å². The van der Waals surface area contributed by atoms with Crippen molar-refractivity contribution < 1.29 is 29.6 Å². The molecule has 3 aromatic rings. The predicted molar refractivity (Wildman–Crippen MR) is 114 cm³/mol. The van der Waals surface area contributed by atoms with Crippen molar-refractivity contribution in [3.8, 4) is 10.4 Å². The average Bonchev–Trinajstić information content (AvgIpc) is 3.22. The molecular formula is C22H21ClFNO5S. The Balaban J connectivity index is 1.61. The number of hydrogen-bond acceptors (Lipinski definition) is 7. The minimum atomic E-state index is -2.18. The van der Waals surface area contributed by atoms with E-state index in [1.165, 1.54) is 29.7 Å². The smallest absolute Gasteiger partial charge is 0.222 e. The highest BCUT2D eigenvalue weighted by Gasteiger charge is 2.49. The average molecular weight is 466 g/mol. The van der Waals surface area contributed by atoms with Gasteiger partial charge in [-0.1, -0.05) is 17.7 Å². The van der Waals surface area contributed by atoms with Gasteiger partial charge in [0.2, 0.25) is 11.7 Å². The van der Waals surface area contributed by atoms with Crippen LogP contribution in [-0.4, -0.2) is 50.3 Å². The third kappa shape index (κ3) is 4.51. The van der Waals surface area contributed by atoms with Gasteiger partial charge in [0.05, 0.1) is 18.8 Å². The highest BCUT2D eigenvalue weighted by atomic mass is 35.5. The fourth-order valence-corrected chi connectivity index (χ4v) is 4.86. The number of pyridine rings is 1. The van der Waals surface area contributed by atoms with Gasteiger partial charge < -0.3 is 25.2 Å². The van der Waals surface area contributed by atoms with Crippen LogP contribution in [0.2, 0.25) is 5.02 Å². The molecule has 4 N–H and O–H groups in total. The Bertz CT molecular complexity index is 1060. The molecule has 31 heavy (non-hydrogen) atoms. The van der Waals surface area contributed by atoms with Gasteiger partial charge in [0.15, 0.2) is 0 Å². The Morgan fingerprint density at radius 2 is 2.00 bits per heavy atom. The van der Waals surface area contributed by atoms with Gasteiger partial charge in [-0.15, -0.1) is 11.3 Å². The Morgan fingerprint density at radius 3 is 2.71 bits per heavy atom. The van der Waals surface area contributed by atoms with Gasteiger partial charge in [-0.3, -0.25) is 0 Å². The van der Waals surface area contributed by atoms with Crippen LogP contribution < -0.4 is 0 Å². The summed E-state index contributed by atoms with van der Waals surface area (Å²) >= 11 is 7.87. The first-order chi connectivity index (χ1) is 14.8. The maximum atomic E-state index is 13.1. The molecule has 164 valence electrons. The lowest BCUT2D eigenvalue weighted by Gasteiger charge is -2.43. The van der Waals surface area contributed by atoms with Crippen molar-refractivity contribution in [3.63, 3.8) is 0 Å². The summed E-state index contributed by atoms with van der Waals surface area (Å²) in [6.07, 6.45) is -1.71. The van der Waals surface area contributed by atoms with Crippen molar-refractivity contribution in [2.45, 2.75) is 36.9 Å². The fourth-order valence-electron chi connectivity index (χ4n) is 3.65. The number of halogens is 2. The van der Waals surface area contributed by atoms with E-state index in [0.717, 1.165) is 15.3 Å². The molecule has 0 amide bonds. The highest BCUT2D eigenvalue weighted by Crippen LogP contribution is 2.38. The van der Waals surface area contributed by atoms with E-state index in [2.05, 4.69) is 4.98 Å². The summed E-state index contributed by atoms with van der Waals surface area (Å²) in [4.78, 5) is 5.58. The molecule has 1 aliphatic heterocycles. The monoisotopic (exact) mass is 465 g/mol. The number of ether oxygens (including phenoxy) is 1. The quantitative estimate of drug-likeness (QED) is 0.432. The van der Waals surface area contributed by atoms with Crippen LogP contribution in [0.15, 0.2) is 48.7 Å². The molecule has 6 nitrogen and oxygen atoms in total. The van der Waals surface area contributed by atoms with E-state index in [-0.39, 0.29) is 12.0 Å². The molecule has 0 saturated carbocycles. The molecule has 9 heteroatoms. The van der Waals surface area contributed by atoms with Crippen molar-refractivity contribution >= 4 is 22.9 Å². The second-order valence-electron chi connectivity index (χ2n) is 7.49. The van der Waals surface area contributed by atoms with E-state index in [1.807, 2.05) is 12.1 Å². The standard InChI is InChI=1S/C22H21ClFNO5S/c23-17-4-2-14(22(29)21(28)18(27)9-15(11-26)30-22)7-13(17)8-16-3-5-19(31-16)12-1-6-20(24)25-10-12/h1-7,10,15,18,21,26-29H,8-9,11H2/t15-,18-,21+,22-/m0/s1. The number of aromatic nitrogens is 1. The fraction of sp³-hybridized carbons (Fsp3) is 0.318. The SMILES string of the molecule is OC[C@@H]1C[C@H](O)[C@@H](O)[C@](O)(c2ccc(Cl)c(Cc3ccc(-c4ccc(F)nc4)s3)c2)O1. The summed E-state index contributed by atoms with van der Waals surface area (Å²) in [6, 6.07) is 11.5. The van der Waals surface area contributed by atoms with Crippen molar-refractivity contribution in [2.24, 2.45) is 0 Å². The predicted octanol–water partition coefficient (Wildman–Crippen LogP) is 2.84. The zero-order chi connectivity index (χ0) is 22.2. The molecule has 0 unspecified atom stereocenters. The van der Waals surface area contributed by atoms with Crippen molar-refractivity contribution in [3.05, 3.63) is 75.6 Å². The maximum absolute atomic E-state index is 13.1. The van der Waals surface area contributed by atoms with E-state index in [0.29, 0.717) is 17.0 Å². The number of rotatable bonds is 5. The summed E-state index contributed by atoms with van der Waals surface area (Å²) in [5, 5.41) is 41.4. The number of thiophene rings is 1. The lowest BCUT2D eigenvalue weighted by atomic mass is 9.89. The summed E-state index contributed by atoms with van der Waals surface area (Å²) < 4.78 is 18.6. The summed E-state index contributed by atoms with van der Waals surface area (Å²) in [6.45, 7) is -0.400. The number of nitrogens with zero attached hydrogens (tertiary/aromatic N) is 1. The van der Waals surface area contributed by atoms with E-state index in [4.69, 9.17) is 16.3 Å². The number of benzene rings is 1. The second kappa shape index (κ2) is 8.91. The van der Waals surface area contributed by atoms with Gasteiger partial charge in [-0.2, -0.15) is 4.39 Å². The zero-order valence-corrected chi connectivity index (χ0v) is 17.9. The first-order valence-electron chi connectivity index (χ1n) is 9.67. The van der Waals surface area contributed by atoms with Crippen molar-refractivity contribution in [2.75, 3.05) is 6.61 Å². The Hall–Kier alpha value is -1.91. The topological polar surface area (TPSA) is 103 Å². The van der Waals surface area contributed by atoms with Crippen LogP contribution in [-0.2, 0) is 16.9 Å². The molecule has 0 bridgehead atoms. The van der Waals surface area contributed by atoms with E-state index < -0.39 is 36.7 Å². The van der Waals surface area contributed by atoms with Gasteiger partial charge in [0, 0.05) is 44.9 Å². The summed E-state index contributed by atoms with van der Waals surface area (Å²) in [5.41, 5.74) is 1.72. The first-order valence-corrected chi connectivity index (χ1v) is 10.9. The molecule has 1 aliphatic rings. The Labute approximate surface area is 187 Å². The molecule has 3 heterocycles. The Kier molecular flexibility index (Phi) is 6.41. The molecule has 2 aromatic heterocycles. The van der Waals surface area contributed by atoms with E-state index in [1.54, 1.807) is 18.2 Å². The van der Waals surface area contributed by atoms with Crippen LogP contribution in [0.3, 0.4) is 0 Å². The maximum Gasteiger partial charge on any atom is 0.222 e. The van der Waals surface area contributed by atoms with Crippen LogP contribution in [0.4, 0.5) is 4.39 Å². The lowest BCUT2D eigenvalue weighted by Crippen LogP contribution is -2.56. The summed E-state index contributed by atoms with van der Waals surface area (Å²) in [5.74, 6) is -2.71.